The van der Waals surface area contributed by atoms with Crippen molar-refractivity contribution in [3.05, 3.63) is 21.9 Å². The van der Waals surface area contributed by atoms with E-state index < -0.39 is 0 Å². The van der Waals surface area contributed by atoms with Crippen molar-refractivity contribution in [1.82, 2.24) is 4.98 Å². The molecule has 0 aliphatic heterocycles. The van der Waals surface area contributed by atoms with Crippen molar-refractivity contribution < 1.29 is 0 Å². The van der Waals surface area contributed by atoms with Crippen molar-refractivity contribution in [3.8, 4) is 0 Å². The van der Waals surface area contributed by atoms with Gasteiger partial charge < -0.3 is 5.32 Å². The monoisotopic (exact) mass is 294 g/mol. The smallest absolute Gasteiger partial charge is 0.152 e. The number of pyridine rings is 1. The highest BCUT2D eigenvalue weighted by Gasteiger charge is 2.00. The van der Waals surface area contributed by atoms with E-state index in [2.05, 4.69) is 32.5 Å². The molecule has 2 nitrogen and oxygen atoms in total. The van der Waals surface area contributed by atoms with Gasteiger partial charge in [-0.2, -0.15) is 11.8 Å². The molecule has 78 valence electrons. The second-order valence-corrected chi connectivity index (χ2v) is 5.02. The minimum Gasteiger partial charge on any atom is -0.382 e. The fraction of sp³-hybridized carbons (Fsp3) is 0.444. The van der Waals surface area contributed by atoms with E-state index in [0.717, 1.165) is 28.9 Å². The maximum atomic E-state index is 5.91. The second kappa shape index (κ2) is 6.53. The molecule has 0 saturated carbocycles. The zero-order valence-electron chi connectivity index (χ0n) is 7.89. The van der Waals surface area contributed by atoms with Crippen LogP contribution in [0.4, 0.5) is 5.69 Å². The molecule has 0 bridgehead atoms. The first-order valence-electron chi connectivity index (χ1n) is 4.28. The number of thioether (sulfide) groups is 1. The summed E-state index contributed by atoms with van der Waals surface area (Å²) >= 11 is 11.1. The van der Waals surface area contributed by atoms with Gasteiger partial charge in [0.05, 0.1) is 5.69 Å². The molecule has 0 aromatic carbocycles. The molecule has 0 unspecified atom stereocenters. The molecule has 0 amide bonds. The lowest BCUT2D eigenvalue weighted by molar-refractivity contribution is 0.990. The molecule has 0 aliphatic rings. The van der Waals surface area contributed by atoms with E-state index >= 15 is 0 Å². The van der Waals surface area contributed by atoms with E-state index in [9.17, 15) is 0 Å². The van der Waals surface area contributed by atoms with Crippen LogP contribution in [0.5, 0.6) is 0 Å². The van der Waals surface area contributed by atoms with Crippen molar-refractivity contribution in [2.75, 3.05) is 23.9 Å². The summed E-state index contributed by atoms with van der Waals surface area (Å²) in [6, 6.07) is 1.94. The van der Waals surface area contributed by atoms with Crippen LogP contribution >= 0.6 is 39.3 Å². The molecule has 0 aliphatic carbocycles. The minimum atomic E-state index is 0.525. The van der Waals surface area contributed by atoms with Crippen LogP contribution in [0.3, 0.4) is 0 Å². The second-order valence-electron chi connectivity index (χ2n) is 2.77. The van der Waals surface area contributed by atoms with Gasteiger partial charge in [-0.3, -0.25) is 0 Å². The van der Waals surface area contributed by atoms with Gasteiger partial charge in [-0.05, 0) is 40.4 Å². The maximum absolute atomic E-state index is 5.91. The quantitative estimate of drug-likeness (QED) is 0.663. The summed E-state index contributed by atoms with van der Waals surface area (Å²) in [5.74, 6) is 1.16. The van der Waals surface area contributed by atoms with Gasteiger partial charge in [0.2, 0.25) is 0 Å². The Kier molecular flexibility index (Phi) is 5.67. The number of anilines is 1. The lowest BCUT2D eigenvalue weighted by Gasteiger charge is -2.07. The average molecular weight is 296 g/mol. The molecule has 14 heavy (non-hydrogen) atoms. The highest BCUT2D eigenvalue weighted by Crippen LogP contribution is 2.22. The molecule has 1 heterocycles. The van der Waals surface area contributed by atoms with E-state index in [1.807, 2.05) is 17.8 Å². The van der Waals surface area contributed by atoms with Gasteiger partial charge in [-0.15, -0.1) is 0 Å². The summed E-state index contributed by atoms with van der Waals surface area (Å²) in [4.78, 5) is 4.03. The summed E-state index contributed by atoms with van der Waals surface area (Å²) in [7, 11) is 0. The van der Waals surface area contributed by atoms with Crippen molar-refractivity contribution in [2.45, 2.75) is 6.42 Å². The molecule has 1 aromatic heterocycles. The van der Waals surface area contributed by atoms with Gasteiger partial charge in [0.15, 0.2) is 5.15 Å². The van der Waals surface area contributed by atoms with Gasteiger partial charge in [0.1, 0.15) is 0 Å². The summed E-state index contributed by atoms with van der Waals surface area (Å²) in [5.41, 5.74) is 0.891. The van der Waals surface area contributed by atoms with Crippen LogP contribution in [0.25, 0.3) is 0 Å². The van der Waals surface area contributed by atoms with Gasteiger partial charge in [-0.1, -0.05) is 11.6 Å². The van der Waals surface area contributed by atoms with E-state index in [4.69, 9.17) is 11.6 Å². The largest absolute Gasteiger partial charge is 0.382 e. The Labute approximate surface area is 102 Å². The first-order valence-corrected chi connectivity index (χ1v) is 6.84. The highest BCUT2D eigenvalue weighted by molar-refractivity contribution is 9.10. The number of nitrogens with zero attached hydrogens (tertiary/aromatic N) is 1. The van der Waals surface area contributed by atoms with Crippen LogP contribution in [-0.2, 0) is 0 Å². The Morgan fingerprint density at radius 1 is 1.64 bits per heavy atom. The van der Waals surface area contributed by atoms with E-state index in [-0.39, 0.29) is 0 Å². The first kappa shape index (κ1) is 12.1. The molecular weight excluding hydrogens is 284 g/mol. The molecule has 0 fully saturated rings. The topological polar surface area (TPSA) is 24.9 Å². The molecule has 5 heteroatoms. The molecule has 0 saturated heterocycles. The fourth-order valence-corrected chi connectivity index (χ4v) is 1.92. The third-order valence-corrected chi connectivity index (χ3v) is 3.08. The number of hydrogen-bond donors (Lipinski definition) is 1. The minimum absolute atomic E-state index is 0.525. The third-order valence-electron chi connectivity index (χ3n) is 1.65. The van der Waals surface area contributed by atoms with Gasteiger partial charge in [0.25, 0.3) is 0 Å². The SMILES string of the molecule is CSCCCNc1cc(Br)cnc1Cl. The molecule has 0 spiro atoms. The Balaban J connectivity index is 2.45. The highest BCUT2D eigenvalue weighted by atomic mass is 79.9. The zero-order chi connectivity index (χ0) is 10.4. The predicted octanol–water partition coefficient (Wildman–Crippen LogP) is 3.66. The number of halogens is 2. The zero-order valence-corrected chi connectivity index (χ0v) is 11.0. The number of nitrogens with one attached hydrogen (secondary N) is 1. The standard InChI is InChI=1S/C9H12BrClN2S/c1-14-4-2-3-12-8-5-7(10)6-13-9(8)11/h5-6,12H,2-4H2,1H3. The van der Waals surface area contributed by atoms with Crippen molar-refractivity contribution in [2.24, 2.45) is 0 Å². The van der Waals surface area contributed by atoms with Crippen LogP contribution in [-0.4, -0.2) is 23.5 Å². The normalized spacial score (nSPS) is 10.2. The van der Waals surface area contributed by atoms with Crippen LogP contribution in [0.1, 0.15) is 6.42 Å². The summed E-state index contributed by atoms with van der Waals surface area (Å²) in [6.45, 7) is 0.929. The van der Waals surface area contributed by atoms with Crippen LogP contribution in [0.15, 0.2) is 16.7 Å². The average Bonchev–Trinajstić information content (AvgIpc) is 2.18. The number of aromatic nitrogens is 1. The Morgan fingerprint density at radius 3 is 3.14 bits per heavy atom. The van der Waals surface area contributed by atoms with E-state index in [1.165, 1.54) is 0 Å². The van der Waals surface area contributed by atoms with Crippen molar-refractivity contribution in [1.29, 1.82) is 0 Å². The molecule has 1 aromatic rings. The molecule has 0 radical (unpaired) electrons. The molecule has 1 rings (SSSR count). The van der Waals surface area contributed by atoms with E-state index in [1.54, 1.807) is 6.20 Å². The van der Waals surface area contributed by atoms with Crippen molar-refractivity contribution in [3.63, 3.8) is 0 Å². The lowest BCUT2D eigenvalue weighted by Crippen LogP contribution is -2.03. The molecule has 0 atom stereocenters. The van der Waals surface area contributed by atoms with Gasteiger partial charge in [-0.25, -0.2) is 4.98 Å². The predicted molar refractivity (Wildman–Crippen MR) is 68.4 cm³/mol. The Hall–Kier alpha value is 0.0700. The van der Waals surface area contributed by atoms with Gasteiger partial charge >= 0.3 is 0 Å². The van der Waals surface area contributed by atoms with E-state index in [0.29, 0.717) is 5.15 Å². The van der Waals surface area contributed by atoms with Crippen LogP contribution in [0.2, 0.25) is 5.15 Å². The summed E-state index contributed by atoms with van der Waals surface area (Å²) < 4.78 is 0.939. The Bertz CT molecular complexity index is 296. The Morgan fingerprint density at radius 2 is 2.43 bits per heavy atom. The summed E-state index contributed by atoms with van der Waals surface area (Å²) in [6.07, 6.45) is 4.92. The number of hydrogen-bond acceptors (Lipinski definition) is 3. The molecule has 1 N–H and O–H groups in total. The third kappa shape index (κ3) is 4.07. The maximum Gasteiger partial charge on any atom is 0.152 e. The number of rotatable bonds is 5. The fourth-order valence-electron chi connectivity index (χ4n) is 0.986. The summed E-state index contributed by atoms with van der Waals surface area (Å²) in [5, 5.41) is 3.78. The van der Waals surface area contributed by atoms with Crippen LogP contribution < -0.4 is 5.32 Å². The van der Waals surface area contributed by atoms with Gasteiger partial charge in [0, 0.05) is 17.2 Å². The lowest BCUT2D eigenvalue weighted by atomic mass is 10.4. The molecular formula is C9H12BrClN2S. The van der Waals surface area contributed by atoms with Crippen LogP contribution in [0, 0.1) is 0 Å². The first-order chi connectivity index (χ1) is 6.74. The van der Waals surface area contributed by atoms with Crippen molar-refractivity contribution >= 4 is 45.0 Å².